The molecule has 4 heteroatoms. The maximum Gasteiger partial charge on any atom is 0.228 e. The zero-order valence-corrected chi connectivity index (χ0v) is 17.1. The Morgan fingerprint density at radius 3 is 2.50 bits per heavy atom. The summed E-state index contributed by atoms with van der Waals surface area (Å²) < 4.78 is 0. The average Bonchev–Trinajstić information content (AvgIpc) is 3.14. The van der Waals surface area contributed by atoms with Crippen LogP contribution in [0.2, 0.25) is 0 Å². The van der Waals surface area contributed by atoms with Crippen LogP contribution in [0.3, 0.4) is 0 Å². The molecule has 28 heavy (non-hydrogen) atoms. The van der Waals surface area contributed by atoms with Crippen LogP contribution in [-0.4, -0.2) is 36.3 Å². The van der Waals surface area contributed by atoms with Gasteiger partial charge in [0, 0.05) is 26.1 Å². The van der Waals surface area contributed by atoms with E-state index in [0.717, 1.165) is 11.1 Å². The minimum absolute atomic E-state index is 0.0575. The summed E-state index contributed by atoms with van der Waals surface area (Å²) in [6.45, 7) is 7.65. The van der Waals surface area contributed by atoms with Crippen LogP contribution < -0.4 is 5.32 Å². The molecule has 0 unspecified atom stereocenters. The molecule has 1 heterocycles. The topological polar surface area (TPSA) is 49.4 Å². The fourth-order valence-corrected chi connectivity index (χ4v) is 4.06. The highest BCUT2D eigenvalue weighted by atomic mass is 16.2. The Kier molecular flexibility index (Phi) is 6.18. The first kappa shape index (κ1) is 20.1. The molecule has 1 atom stereocenters. The number of likely N-dealkylation sites (tertiary alicyclic amines) is 1. The van der Waals surface area contributed by atoms with Gasteiger partial charge < -0.3 is 10.2 Å². The second-order valence-electron chi connectivity index (χ2n) is 7.80. The molecule has 1 saturated heterocycles. The molecule has 0 aromatic heterocycles. The molecule has 0 saturated carbocycles. The smallest absolute Gasteiger partial charge is 0.228 e. The van der Waals surface area contributed by atoms with E-state index in [9.17, 15) is 9.59 Å². The SMILES string of the molecule is CCNC(=O)[C@]1(Cc2cccc(-c3ccc(C)cc3)c2)CCN(C(=O)CC)C1. The fourth-order valence-electron chi connectivity index (χ4n) is 4.06. The third-order valence-electron chi connectivity index (χ3n) is 5.68. The van der Waals surface area contributed by atoms with Crippen LogP contribution in [0.25, 0.3) is 11.1 Å². The molecule has 4 nitrogen and oxygen atoms in total. The van der Waals surface area contributed by atoms with Crippen LogP contribution in [0, 0.1) is 12.3 Å². The lowest BCUT2D eigenvalue weighted by Crippen LogP contribution is -2.45. The van der Waals surface area contributed by atoms with Crippen molar-refractivity contribution in [3.63, 3.8) is 0 Å². The molecule has 0 aliphatic carbocycles. The summed E-state index contributed by atoms with van der Waals surface area (Å²) in [4.78, 5) is 27.0. The van der Waals surface area contributed by atoms with Gasteiger partial charge in [-0.25, -0.2) is 0 Å². The van der Waals surface area contributed by atoms with Crippen molar-refractivity contribution in [1.82, 2.24) is 10.2 Å². The van der Waals surface area contributed by atoms with E-state index < -0.39 is 5.41 Å². The van der Waals surface area contributed by atoms with Gasteiger partial charge in [0.25, 0.3) is 0 Å². The number of amides is 2. The number of aryl methyl sites for hydroxylation is 1. The Bertz CT molecular complexity index is 844. The number of benzene rings is 2. The van der Waals surface area contributed by atoms with Gasteiger partial charge >= 0.3 is 0 Å². The standard InChI is InChI=1S/C24H30N2O2/c1-4-22(27)26-14-13-24(17-26,23(28)25-5-2)16-19-7-6-8-21(15-19)20-11-9-18(3)10-12-20/h6-12,15H,4-5,13-14,16-17H2,1-3H3,(H,25,28)/t24-/m0/s1. The number of carbonyl (C=O) groups excluding carboxylic acids is 2. The monoisotopic (exact) mass is 378 g/mol. The molecule has 1 fully saturated rings. The van der Waals surface area contributed by atoms with Gasteiger partial charge in [0.05, 0.1) is 5.41 Å². The van der Waals surface area contributed by atoms with Gasteiger partial charge in [0.1, 0.15) is 0 Å². The number of hydrogen-bond acceptors (Lipinski definition) is 2. The van der Waals surface area contributed by atoms with Gasteiger partial charge in [-0.1, -0.05) is 61.0 Å². The van der Waals surface area contributed by atoms with E-state index in [4.69, 9.17) is 0 Å². The van der Waals surface area contributed by atoms with Crippen molar-refractivity contribution in [2.75, 3.05) is 19.6 Å². The zero-order valence-electron chi connectivity index (χ0n) is 17.1. The summed E-state index contributed by atoms with van der Waals surface area (Å²) in [6.07, 6.45) is 1.83. The quantitative estimate of drug-likeness (QED) is 0.827. The summed E-state index contributed by atoms with van der Waals surface area (Å²) in [5.74, 6) is 0.182. The Hall–Kier alpha value is -2.62. The lowest BCUT2D eigenvalue weighted by Gasteiger charge is -2.28. The highest BCUT2D eigenvalue weighted by Gasteiger charge is 2.45. The molecule has 2 aromatic carbocycles. The number of hydrogen-bond donors (Lipinski definition) is 1. The molecule has 3 rings (SSSR count). The van der Waals surface area contributed by atoms with Crippen molar-refractivity contribution in [3.05, 3.63) is 59.7 Å². The molecule has 148 valence electrons. The van der Waals surface area contributed by atoms with E-state index in [1.807, 2.05) is 18.7 Å². The number of rotatable bonds is 6. The third kappa shape index (κ3) is 4.27. The van der Waals surface area contributed by atoms with Crippen molar-refractivity contribution in [1.29, 1.82) is 0 Å². The molecule has 1 N–H and O–H groups in total. The first-order valence-corrected chi connectivity index (χ1v) is 10.2. The van der Waals surface area contributed by atoms with E-state index in [1.54, 1.807) is 0 Å². The minimum atomic E-state index is -0.549. The van der Waals surface area contributed by atoms with Crippen LogP contribution in [0.1, 0.15) is 37.8 Å². The molecule has 1 aliphatic heterocycles. The van der Waals surface area contributed by atoms with Gasteiger partial charge in [-0.2, -0.15) is 0 Å². The molecule has 1 aliphatic rings. The van der Waals surface area contributed by atoms with Crippen LogP contribution in [-0.2, 0) is 16.0 Å². The predicted molar refractivity (Wildman–Crippen MR) is 113 cm³/mol. The average molecular weight is 379 g/mol. The van der Waals surface area contributed by atoms with Crippen LogP contribution in [0.15, 0.2) is 48.5 Å². The van der Waals surface area contributed by atoms with E-state index >= 15 is 0 Å². The predicted octanol–water partition coefficient (Wildman–Crippen LogP) is 3.97. The van der Waals surface area contributed by atoms with E-state index in [-0.39, 0.29) is 11.8 Å². The van der Waals surface area contributed by atoms with Crippen molar-refractivity contribution < 1.29 is 9.59 Å². The summed E-state index contributed by atoms with van der Waals surface area (Å²) in [5, 5.41) is 3.00. The van der Waals surface area contributed by atoms with Gasteiger partial charge in [-0.3, -0.25) is 9.59 Å². The van der Waals surface area contributed by atoms with Crippen molar-refractivity contribution in [2.45, 2.75) is 40.0 Å². The maximum absolute atomic E-state index is 13.0. The van der Waals surface area contributed by atoms with Gasteiger partial charge in [-0.15, -0.1) is 0 Å². The van der Waals surface area contributed by atoms with Gasteiger partial charge in [-0.05, 0) is 43.4 Å². The molecule has 2 aromatic rings. The Labute approximate surface area is 167 Å². The Balaban J connectivity index is 1.87. The second kappa shape index (κ2) is 8.59. The molecule has 2 amide bonds. The normalized spacial score (nSPS) is 18.9. The summed E-state index contributed by atoms with van der Waals surface area (Å²) >= 11 is 0. The van der Waals surface area contributed by atoms with E-state index in [2.05, 4.69) is 60.8 Å². The minimum Gasteiger partial charge on any atom is -0.356 e. The van der Waals surface area contributed by atoms with Crippen LogP contribution in [0.4, 0.5) is 0 Å². The third-order valence-corrected chi connectivity index (χ3v) is 5.68. The molecule has 0 bridgehead atoms. The highest BCUT2D eigenvalue weighted by molar-refractivity contribution is 5.85. The number of nitrogens with zero attached hydrogens (tertiary/aromatic N) is 1. The largest absolute Gasteiger partial charge is 0.356 e. The van der Waals surface area contributed by atoms with Crippen molar-refractivity contribution in [3.8, 4) is 11.1 Å². The summed E-state index contributed by atoms with van der Waals surface area (Å²) in [6, 6.07) is 16.9. The Morgan fingerprint density at radius 1 is 1.07 bits per heavy atom. The first-order chi connectivity index (χ1) is 13.5. The van der Waals surface area contributed by atoms with Gasteiger partial charge in [0.2, 0.25) is 11.8 Å². The molecule has 0 spiro atoms. The fraction of sp³-hybridized carbons (Fsp3) is 0.417. The summed E-state index contributed by atoms with van der Waals surface area (Å²) in [7, 11) is 0. The second-order valence-corrected chi connectivity index (χ2v) is 7.80. The van der Waals surface area contributed by atoms with E-state index in [1.165, 1.54) is 11.1 Å². The van der Waals surface area contributed by atoms with Crippen molar-refractivity contribution in [2.24, 2.45) is 5.41 Å². The maximum atomic E-state index is 13.0. The molecular weight excluding hydrogens is 348 g/mol. The summed E-state index contributed by atoms with van der Waals surface area (Å²) in [5.41, 5.74) is 4.15. The van der Waals surface area contributed by atoms with Crippen LogP contribution >= 0.6 is 0 Å². The van der Waals surface area contributed by atoms with Gasteiger partial charge in [0.15, 0.2) is 0 Å². The molecule has 0 radical (unpaired) electrons. The zero-order chi connectivity index (χ0) is 20.1. The number of carbonyl (C=O) groups is 2. The molecular formula is C24H30N2O2. The van der Waals surface area contributed by atoms with E-state index in [0.29, 0.717) is 38.9 Å². The first-order valence-electron chi connectivity index (χ1n) is 10.2. The van der Waals surface area contributed by atoms with Crippen LogP contribution in [0.5, 0.6) is 0 Å². The van der Waals surface area contributed by atoms with Crippen molar-refractivity contribution >= 4 is 11.8 Å². The number of nitrogens with one attached hydrogen (secondary N) is 1. The lowest BCUT2D eigenvalue weighted by molar-refractivity contribution is -0.133. The highest BCUT2D eigenvalue weighted by Crippen LogP contribution is 2.36. The Morgan fingerprint density at radius 2 is 1.82 bits per heavy atom. The lowest BCUT2D eigenvalue weighted by atomic mass is 9.79.